The maximum atomic E-state index is 13.2. The van der Waals surface area contributed by atoms with Gasteiger partial charge in [0.05, 0.1) is 22.2 Å². The monoisotopic (exact) mass is 347 g/mol. The van der Waals surface area contributed by atoms with Crippen molar-refractivity contribution in [3.63, 3.8) is 0 Å². The predicted octanol–water partition coefficient (Wildman–Crippen LogP) is 3.94. The number of carbonyl (C=O) groups is 2. The Labute approximate surface area is 143 Å². The minimum absolute atomic E-state index is 0.0596. The van der Waals surface area contributed by atoms with Crippen LogP contribution >= 0.6 is 11.6 Å². The molecular formula is C18H15ClFNO3. The zero-order valence-corrected chi connectivity index (χ0v) is 13.7. The van der Waals surface area contributed by atoms with E-state index in [0.29, 0.717) is 6.42 Å². The Kier molecular flexibility index (Phi) is 4.28. The van der Waals surface area contributed by atoms with Gasteiger partial charge < -0.3 is 10.0 Å². The van der Waals surface area contributed by atoms with Crippen LogP contribution in [0.2, 0.25) is 5.02 Å². The van der Waals surface area contributed by atoms with Gasteiger partial charge in [-0.2, -0.15) is 0 Å². The van der Waals surface area contributed by atoms with Crippen LogP contribution < -0.4 is 0 Å². The number of amides is 1. The zero-order chi connectivity index (χ0) is 17.4. The van der Waals surface area contributed by atoms with Gasteiger partial charge in [0.2, 0.25) is 0 Å². The van der Waals surface area contributed by atoms with Gasteiger partial charge in [-0.05, 0) is 54.3 Å². The number of rotatable bonds is 3. The van der Waals surface area contributed by atoms with Crippen molar-refractivity contribution >= 4 is 23.5 Å². The minimum Gasteiger partial charge on any atom is -0.478 e. The molecule has 0 aromatic heterocycles. The van der Waals surface area contributed by atoms with Gasteiger partial charge >= 0.3 is 5.97 Å². The zero-order valence-electron chi connectivity index (χ0n) is 12.9. The van der Waals surface area contributed by atoms with Gasteiger partial charge in [-0.3, -0.25) is 4.79 Å². The molecule has 1 aliphatic rings. The molecule has 0 aliphatic heterocycles. The molecule has 3 rings (SSSR count). The maximum absolute atomic E-state index is 13.2. The van der Waals surface area contributed by atoms with Crippen LogP contribution in [0.4, 0.5) is 4.39 Å². The summed E-state index contributed by atoms with van der Waals surface area (Å²) in [5, 5.41) is 9.22. The summed E-state index contributed by atoms with van der Waals surface area (Å²) in [6, 6.07) is 8.41. The van der Waals surface area contributed by atoms with Gasteiger partial charge in [-0.1, -0.05) is 17.7 Å². The van der Waals surface area contributed by atoms with E-state index in [4.69, 9.17) is 16.7 Å². The maximum Gasteiger partial charge on any atom is 0.335 e. The van der Waals surface area contributed by atoms with Crippen molar-refractivity contribution in [2.24, 2.45) is 0 Å². The molecule has 4 nitrogen and oxygen atoms in total. The second kappa shape index (κ2) is 6.24. The third-order valence-corrected chi connectivity index (χ3v) is 4.70. The Bertz CT molecular complexity index is 837. The highest BCUT2D eigenvalue weighted by Crippen LogP contribution is 2.36. The van der Waals surface area contributed by atoms with E-state index in [9.17, 15) is 14.0 Å². The van der Waals surface area contributed by atoms with Gasteiger partial charge in [0.1, 0.15) is 5.82 Å². The van der Waals surface area contributed by atoms with Crippen LogP contribution in [0.3, 0.4) is 0 Å². The first-order chi connectivity index (χ1) is 11.4. The molecule has 0 saturated carbocycles. The SMILES string of the molecule is CN(C(=O)c1ccc(F)cc1Cl)C1CCc2ccc(C(=O)O)cc21. The first-order valence-electron chi connectivity index (χ1n) is 7.47. The average Bonchev–Trinajstić information content (AvgIpc) is 2.96. The third kappa shape index (κ3) is 2.87. The van der Waals surface area contributed by atoms with Gasteiger partial charge in [0.15, 0.2) is 0 Å². The summed E-state index contributed by atoms with van der Waals surface area (Å²) < 4.78 is 13.2. The standard InChI is InChI=1S/C18H15ClFNO3/c1-21(17(22)13-6-5-12(20)9-15(13)19)16-7-4-10-2-3-11(18(23)24)8-14(10)16/h2-3,5-6,8-9,16H,4,7H2,1H3,(H,23,24). The van der Waals surface area contributed by atoms with Crippen LogP contribution in [0.5, 0.6) is 0 Å². The van der Waals surface area contributed by atoms with Crippen LogP contribution in [0.1, 0.15) is 44.3 Å². The molecule has 0 saturated heterocycles. The van der Waals surface area contributed by atoms with Crippen LogP contribution in [-0.2, 0) is 6.42 Å². The number of aryl methyl sites for hydroxylation is 1. The summed E-state index contributed by atoms with van der Waals surface area (Å²) in [6.45, 7) is 0. The molecule has 124 valence electrons. The highest BCUT2D eigenvalue weighted by Gasteiger charge is 2.30. The number of hydrogen-bond acceptors (Lipinski definition) is 2. The van der Waals surface area contributed by atoms with E-state index >= 15 is 0 Å². The lowest BCUT2D eigenvalue weighted by Crippen LogP contribution is -2.30. The van der Waals surface area contributed by atoms with Gasteiger partial charge in [-0.15, -0.1) is 0 Å². The van der Waals surface area contributed by atoms with Crippen LogP contribution in [0.15, 0.2) is 36.4 Å². The Hall–Kier alpha value is -2.40. The van der Waals surface area contributed by atoms with Crippen molar-refractivity contribution in [3.05, 3.63) is 69.5 Å². The molecule has 1 N–H and O–H groups in total. The molecule has 0 spiro atoms. The largest absolute Gasteiger partial charge is 0.478 e. The number of carboxylic acid groups (broad SMARTS) is 1. The molecule has 0 heterocycles. The third-order valence-electron chi connectivity index (χ3n) is 4.39. The summed E-state index contributed by atoms with van der Waals surface area (Å²) >= 11 is 5.98. The molecule has 0 bridgehead atoms. The minimum atomic E-state index is -1.00. The van der Waals surface area contributed by atoms with Crippen LogP contribution in [0, 0.1) is 5.82 Å². The summed E-state index contributed by atoms with van der Waals surface area (Å²) in [5.74, 6) is -1.82. The fourth-order valence-electron chi connectivity index (χ4n) is 3.11. The normalized spacial score (nSPS) is 15.9. The second-order valence-corrected chi connectivity index (χ2v) is 6.22. The molecule has 1 amide bonds. The van der Waals surface area contributed by atoms with E-state index in [0.717, 1.165) is 23.6 Å². The van der Waals surface area contributed by atoms with E-state index in [2.05, 4.69) is 0 Å². The fourth-order valence-corrected chi connectivity index (χ4v) is 3.36. The average molecular weight is 348 g/mol. The molecule has 1 atom stereocenters. The number of halogens is 2. The van der Waals surface area contributed by atoms with Crippen molar-refractivity contribution in [2.75, 3.05) is 7.05 Å². The molecule has 1 aliphatic carbocycles. The lowest BCUT2D eigenvalue weighted by Gasteiger charge is -2.26. The van der Waals surface area contributed by atoms with Gasteiger partial charge in [0.25, 0.3) is 5.91 Å². The van der Waals surface area contributed by atoms with Crippen molar-refractivity contribution in [3.8, 4) is 0 Å². The lowest BCUT2D eigenvalue weighted by molar-refractivity contribution is 0.0696. The number of carbonyl (C=O) groups excluding carboxylic acids is 1. The van der Waals surface area contributed by atoms with Crippen LogP contribution in [0.25, 0.3) is 0 Å². The first kappa shape index (κ1) is 16.5. The Morgan fingerprint density at radius 3 is 2.67 bits per heavy atom. The molecule has 0 radical (unpaired) electrons. The molecule has 24 heavy (non-hydrogen) atoms. The Balaban J connectivity index is 1.92. The van der Waals surface area contributed by atoms with Gasteiger partial charge in [-0.25, -0.2) is 9.18 Å². The summed E-state index contributed by atoms with van der Waals surface area (Å²) in [6.07, 6.45) is 1.48. The molecule has 6 heteroatoms. The second-order valence-electron chi connectivity index (χ2n) is 5.81. The predicted molar refractivity (Wildman–Crippen MR) is 88.0 cm³/mol. The Morgan fingerprint density at radius 2 is 2.00 bits per heavy atom. The molecular weight excluding hydrogens is 333 g/mol. The molecule has 2 aromatic rings. The van der Waals surface area contributed by atoms with Crippen molar-refractivity contribution in [1.29, 1.82) is 0 Å². The van der Waals surface area contributed by atoms with Crippen molar-refractivity contribution in [1.82, 2.24) is 4.90 Å². The first-order valence-corrected chi connectivity index (χ1v) is 7.84. The topological polar surface area (TPSA) is 57.6 Å². The lowest BCUT2D eigenvalue weighted by atomic mass is 10.0. The molecule has 1 unspecified atom stereocenters. The van der Waals surface area contributed by atoms with Crippen molar-refractivity contribution < 1.29 is 19.1 Å². The van der Waals surface area contributed by atoms with E-state index in [-0.39, 0.29) is 28.1 Å². The number of aromatic carboxylic acids is 1. The smallest absolute Gasteiger partial charge is 0.335 e. The summed E-state index contributed by atoms with van der Waals surface area (Å²) in [7, 11) is 1.65. The van der Waals surface area contributed by atoms with Gasteiger partial charge in [0, 0.05) is 7.05 Å². The quantitative estimate of drug-likeness (QED) is 0.915. The molecule has 2 aromatic carbocycles. The highest BCUT2D eigenvalue weighted by atomic mass is 35.5. The number of hydrogen-bond donors (Lipinski definition) is 1. The van der Waals surface area contributed by atoms with E-state index < -0.39 is 11.8 Å². The van der Waals surface area contributed by atoms with Crippen molar-refractivity contribution in [2.45, 2.75) is 18.9 Å². The van der Waals surface area contributed by atoms with E-state index in [1.807, 2.05) is 0 Å². The Morgan fingerprint density at radius 1 is 1.25 bits per heavy atom. The highest BCUT2D eigenvalue weighted by molar-refractivity contribution is 6.33. The number of benzene rings is 2. The number of nitrogens with zero attached hydrogens (tertiary/aromatic N) is 1. The molecule has 0 fully saturated rings. The number of fused-ring (bicyclic) bond motifs is 1. The van der Waals surface area contributed by atoms with E-state index in [1.165, 1.54) is 17.0 Å². The van der Waals surface area contributed by atoms with Crippen LogP contribution in [-0.4, -0.2) is 28.9 Å². The fraction of sp³-hybridized carbons (Fsp3) is 0.222. The number of carboxylic acids is 1. The summed E-state index contributed by atoms with van der Waals surface area (Å²) in [5.41, 5.74) is 2.29. The summed E-state index contributed by atoms with van der Waals surface area (Å²) in [4.78, 5) is 25.4. The van der Waals surface area contributed by atoms with E-state index in [1.54, 1.807) is 25.2 Å².